The van der Waals surface area contributed by atoms with Gasteiger partial charge in [0.15, 0.2) is 0 Å². The van der Waals surface area contributed by atoms with E-state index in [1.807, 2.05) is 0 Å². The van der Waals surface area contributed by atoms with Crippen molar-refractivity contribution in [2.24, 2.45) is 0 Å². The van der Waals surface area contributed by atoms with Gasteiger partial charge < -0.3 is 0 Å². The molecule has 0 spiro atoms. The van der Waals surface area contributed by atoms with Gasteiger partial charge in [0.1, 0.15) is 0 Å². The van der Waals surface area contributed by atoms with E-state index in [0.29, 0.717) is 0 Å². The van der Waals surface area contributed by atoms with Crippen LogP contribution in [0.3, 0.4) is 0 Å². The van der Waals surface area contributed by atoms with Crippen molar-refractivity contribution in [3.8, 4) is 0 Å². The molecule has 83 heavy (non-hydrogen) atoms. The molecule has 0 bridgehead atoms. The van der Waals surface area contributed by atoms with E-state index < -0.39 is 0 Å². The zero-order valence-corrected chi connectivity index (χ0v) is 53.9. The Morgan fingerprint density at radius 2 is 0.361 bits per heavy atom. The molecule has 0 aromatic heterocycles. The molecule has 0 heterocycles. The Hall–Kier alpha value is -8.06. The molecule has 0 amide bonds. The molecule has 0 heteroatoms. The van der Waals surface area contributed by atoms with Crippen molar-refractivity contribution in [3.05, 3.63) is 268 Å². The van der Waals surface area contributed by atoms with Crippen LogP contribution in [0.2, 0.25) is 0 Å². The molecule has 0 aliphatic carbocycles. The Bertz CT molecular complexity index is 4470. The predicted octanol–water partition coefficient (Wildman–Crippen LogP) is 24.1. The van der Waals surface area contributed by atoms with Crippen LogP contribution < -0.4 is 0 Å². The SMILES string of the molecule is Cc1cc2c(C)c(C)c3ccccc3c2c(C)c1C.Cc1cc2c(C)c(C)c3ccccc3c2c(C)c1C.Cc1cc2c(c(C)c1C)c(C)c(C)c1ccccc12.Cc1cc2ccccc2c(C)c1C.Cc1cc2ccccc2c(C)c1C. The molecule has 13 aromatic rings. The van der Waals surface area contributed by atoms with E-state index in [2.05, 4.69) is 297 Å². The zero-order valence-electron chi connectivity index (χ0n) is 53.9. The Balaban J connectivity index is 0.000000126. The van der Waals surface area contributed by atoms with Crippen LogP contribution in [0.5, 0.6) is 0 Å². The molecule has 13 rings (SSSR count). The number of hydrogen-bond acceptors (Lipinski definition) is 0. The van der Waals surface area contributed by atoms with E-state index in [-0.39, 0.29) is 0 Å². The van der Waals surface area contributed by atoms with Crippen molar-refractivity contribution in [2.45, 2.75) is 145 Å². The highest BCUT2D eigenvalue weighted by atomic mass is 14.2. The highest BCUT2D eigenvalue weighted by Crippen LogP contribution is 2.39. The highest BCUT2D eigenvalue weighted by molar-refractivity contribution is 6.14. The summed E-state index contributed by atoms with van der Waals surface area (Å²) in [6.07, 6.45) is 0. The van der Waals surface area contributed by atoms with Gasteiger partial charge in [0, 0.05) is 0 Å². The first kappa shape index (κ1) is 59.6. The summed E-state index contributed by atoms with van der Waals surface area (Å²) in [5.74, 6) is 0. The van der Waals surface area contributed by atoms with Crippen LogP contribution >= 0.6 is 0 Å². The molecule has 0 aliphatic heterocycles. The summed E-state index contributed by atoms with van der Waals surface area (Å²) in [6.45, 7) is 46.7. The largest absolute Gasteiger partial charge is 0.0616 e. The van der Waals surface area contributed by atoms with Crippen LogP contribution in [0.25, 0.3) is 86.2 Å². The predicted molar refractivity (Wildman–Crippen MR) is 372 cm³/mol. The Labute approximate surface area is 497 Å². The van der Waals surface area contributed by atoms with Gasteiger partial charge in [-0.2, -0.15) is 0 Å². The van der Waals surface area contributed by atoms with Gasteiger partial charge in [-0.1, -0.05) is 152 Å². The van der Waals surface area contributed by atoms with Crippen LogP contribution in [0, 0.1) is 145 Å². The maximum absolute atomic E-state index is 2.35. The monoisotopic (exact) mass is 1080 g/mol. The van der Waals surface area contributed by atoms with E-state index in [9.17, 15) is 0 Å². The highest BCUT2D eigenvalue weighted by Gasteiger charge is 2.16. The number of hydrogen-bond donors (Lipinski definition) is 0. The maximum atomic E-state index is 2.35. The summed E-state index contributed by atoms with van der Waals surface area (Å²) in [4.78, 5) is 0. The molecule has 420 valence electrons. The van der Waals surface area contributed by atoms with Gasteiger partial charge in [-0.3, -0.25) is 0 Å². The molecule has 13 aromatic carbocycles. The fraction of sp³-hybridized carbons (Fsp3) is 0.253. The van der Waals surface area contributed by atoms with E-state index in [1.54, 1.807) is 0 Å². The molecule has 0 aliphatic rings. The summed E-state index contributed by atoms with van der Waals surface area (Å²) in [5.41, 5.74) is 29.6. The lowest BCUT2D eigenvalue weighted by Crippen LogP contribution is -1.95. The van der Waals surface area contributed by atoms with Crippen molar-refractivity contribution in [1.29, 1.82) is 0 Å². The smallest absolute Gasteiger partial charge is 0.00704 e. The Morgan fingerprint density at radius 3 is 0.735 bits per heavy atom. The molecule has 0 saturated carbocycles. The van der Waals surface area contributed by atoms with E-state index in [0.717, 1.165) is 0 Å². The summed E-state index contributed by atoms with van der Waals surface area (Å²) in [5, 5.41) is 22.3. The van der Waals surface area contributed by atoms with E-state index in [4.69, 9.17) is 0 Å². The topological polar surface area (TPSA) is 0 Å². The van der Waals surface area contributed by atoms with Crippen LogP contribution in [-0.4, -0.2) is 0 Å². The fourth-order valence-corrected chi connectivity index (χ4v) is 13.1. The summed E-state index contributed by atoms with van der Waals surface area (Å²) >= 11 is 0. The van der Waals surface area contributed by atoms with Gasteiger partial charge in [0.25, 0.3) is 0 Å². The van der Waals surface area contributed by atoms with Crippen molar-refractivity contribution in [2.75, 3.05) is 0 Å². The lowest BCUT2D eigenvalue weighted by Gasteiger charge is -2.17. The van der Waals surface area contributed by atoms with Gasteiger partial charge in [-0.15, -0.1) is 0 Å². The third-order valence-electron chi connectivity index (χ3n) is 20.0. The van der Waals surface area contributed by atoms with Crippen LogP contribution in [-0.2, 0) is 0 Å². The maximum Gasteiger partial charge on any atom is -0.00704 e. The standard InChI is InChI=1S/3C19H20.2C13H14/c2*1-11-10-18-14(4)13(3)16-8-6-7-9-17(16)19(18)15(5)12(11)2;1-11-10-18-17-9-7-6-8-16(17)13(3)15(5)19(18)14(4)12(11)2;2*1-9-8-12-6-4-5-7-13(12)11(3)10(9)2/h3*6-10H,1-5H3;2*4-8H,1-3H3. The quantitative estimate of drug-likeness (QED) is 0.133. The lowest BCUT2D eigenvalue weighted by atomic mass is 9.87. The number of aryl methyl sites for hydroxylation is 16. The average Bonchev–Trinajstić information content (AvgIpc) is 2.45. The Kier molecular flexibility index (Phi) is 17.2. The molecule has 0 nitrogen and oxygen atoms in total. The third kappa shape index (κ3) is 11.0. The number of rotatable bonds is 0. The first-order valence-electron chi connectivity index (χ1n) is 30.0. The normalized spacial score (nSPS) is 11.2. The van der Waals surface area contributed by atoms with E-state index >= 15 is 0 Å². The molecule has 0 unspecified atom stereocenters. The van der Waals surface area contributed by atoms with Gasteiger partial charge >= 0.3 is 0 Å². The second-order valence-electron chi connectivity index (χ2n) is 24.3. The van der Waals surface area contributed by atoms with Gasteiger partial charge in [-0.25, -0.2) is 0 Å². The summed E-state index contributed by atoms with van der Waals surface area (Å²) in [6, 6.07) is 55.0. The molecule has 0 fully saturated rings. The summed E-state index contributed by atoms with van der Waals surface area (Å²) in [7, 11) is 0. The first-order chi connectivity index (χ1) is 39.5. The van der Waals surface area contributed by atoms with E-state index in [1.165, 1.54) is 203 Å². The average molecular weight is 1090 g/mol. The van der Waals surface area contributed by atoms with Crippen molar-refractivity contribution in [1.82, 2.24) is 0 Å². The molecule has 0 radical (unpaired) electrons. The van der Waals surface area contributed by atoms with Crippen molar-refractivity contribution in [3.63, 3.8) is 0 Å². The molecular formula is C83H88. The van der Waals surface area contributed by atoms with Crippen LogP contribution in [0.4, 0.5) is 0 Å². The second kappa shape index (κ2) is 24.0. The molecular weight excluding hydrogens is 997 g/mol. The summed E-state index contributed by atoms with van der Waals surface area (Å²) < 4.78 is 0. The minimum Gasteiger partial charge on any atom is -0.0616 e. The zero-order chi connectivity index (χ0) is 60.0. The fourth-order valence-electron chi connectivity index (χ4n) is 13.1. The Morgan fingerprint density at radius 1 is 0.145 bits per heavy atom. The third-order valence-corrected chi connectivity index (χ3v) is 20.0. The minimum atomic E-state index is 1.35. The molecule has 0 N–H and O–H groups in total. The number of benzene rings is 13. The second-order valence-corrected chi connectivity index (χ2v) is 24.3. The lowest BCUT2D eigenvalue weighted by molar-refractivity contribution is 1.28. The van der Waals surface area contributed by atoms with Gasteiger partial charge in [0.2, 0.25) is 0 Å². The van der Waals surface area contributed by atoms with Crippen LogP contribution in [0.1, 0.15) is 117 Å². The van der Waals surface area contributed by atoms with Gasteiger partial charge in [0.05, 0.1) is 0 Å². The number of fused-ring (bicyclic) bond motifs is 11. The minimum absolute atomic E-state index is 1.35. The first-order valence-corrected chi connectivity index (χ1v) is 30.0. The van der Waals surface area contributed by atoms with Gasteiger partial charge in [-0.05, 0) is 348 Å². The molecule has 0 saturated heterocycles. The van der Waals surface area contributed by atoms with Crippen LogP contribution in [0.15, 0.2) is 152 Å². The van der Waals surface area contributed by atoms with Crippen molar-refractivity contribution < 1.29 is 0 Å². The molecule has 0 atom stereocenters. The van der Waals surface area contributed by atoms with Crippen molar-refractivity contribution >= 4 is 86.2 Å².